The second-order valence-electron chi connectivity index (χ2n) is 6.92. The normalized spacial score (nSPS) is 14.0. The van der Waals surface area contributed by atoms with Gasteiger partial charge in [-0.15, -0.1) is 11.3 Å². The Morgan fingerprint density at radius 2 is 1.87 bits per heavy atom. The Morgan fingerprint density at radius 1 is 1.13 bits per heavy atom. The molecule has 0 aliphatic carbocycles. The number of benzene rings is 1. The van der Waals surface area contributed by atoms with Crippen LogP contribution in [0.5, 0.6) is 0 Å². The molecule has 2 atom stereocenters. The molecule has 3 rings (SSSR count). The van der Waals surface area contributed by atoms with Crippen molar-refractivity contribution >= 4 is 23.2 Å². The summed E-state index contributed by atoms with van der Waals surface area (Å²) in [6, 6.07) is 14.6. The first kappa shape index (κ1) is 21.6. The van der Waals surface area contributed by atoms with E-state index in [0.717, 1.165) is 10.6 Å². The predicted octanol–water partition coefficient (Wildman–Crippen LogP) is 2.76. The summed E-state index contributed by atoms with van der Waals surface area (Å²) in [6.45, 7) is 1.67. The fourth-order valence-electron chi connectivity index (χ4n) is 3.20. The standard InChI is InChI=1S/C22H24N4O3S/c1-22(21(28)29-3,17-11-7-8-12-23-17)26(2)15-18(27)25-19(20-24-13-14-30-20)16-9-5-4-6-10-16/h4-14,19H,15H2,1-3H3,(H,25,27)/t19-,22-/m0/s1. The van der Waals surface area contributed by atoms with Crippen LogP contribution in [0, 0.1) is 0 Å². The number of rotatable bonds is 8. The van der Waals surface area contributed by atoms with Gasteiger partial charge in [-0.3, -0.25) is 14.7 Å². The van der Waals surface area contributed by atoms with Crippen LogP contribution < -0.4 is 5.32 Å². The lowest BCUT2D eigenvalue weighted by molar-refractivity contribution is -0.155. The van der Waals surface area contributed by atoms with Gasteiger partial charge < -0.3 is 10.1 Å². The number of amides is 1. The first-order chi connectivity index (χ1) is 14.5. The Hall–Kier alpha value is -3.10. The van der Waals surface area contributed by atoms with E-state index in [9.17, 15) is 9.59 Å². The fraction of sp³-hybridized carbons (Fsp3) is 0.273. The van der Waals surface area contributed by atoms with Crippen molar-refractivity contribution in [1.29, 1.82) is 0 Å². The number of esters is 1. The van der Waals surface area contributed by atoms with E-state index in [1.807, 2.05) is 35.7 Å². The first-order valence-corrected chi connectivity index (χ1v) is 10.3. The second-order valence-corrected chi connectivity index (χ2v) is 7.84. The molecule has 0 aliphatic rings. The highest BCUT2D eigenvalue weighted by atomic mass is 32.1. The molecule has 7 nitrogen and oxygen atoms in total. The number of ether oxygens (including phenoxy) is 1. The summed E-state index contributed by atoms with van der Waals surface area (Å²) in [4.78, 5) is 35.9. The van der Waals surface area contributed by atoms with E-state index < -0.39 is 11.5 Å². The van der Waals surface area contributed by atoms with E-state index in [-0.39, 0.29) is 18.5 Å². The van der Waals surface area contributed by atoms with Crippen molar-refractivity contribution in [3.63, 3.8) is 0 Å². The lowest BCUT2D eigenvalue weighted by Crippen LogP contribution is -2.52. The van der Waals surface area contributed by atoms with Crippen molar-refractivity contribution in [2.45, 2.75) is 18.5 Å². The van der Waals surface area contributed by atoms with Crippen molar-refractivity contribution < 1.29 is 14.3 Å². The van der Waals surface area contributed by atoms with Crippen LogP contribution in [-0.4, -0.2) is 47.4 Å². The van der Waals surface area contributed by atoms with E-state index in [1.165, 1.54) is 18.4 Å². The van der Waals surface area contributed by atoms with E-state index in [0.29, 0.717) is 5.69 Å². The molecule has 156 valence electrons. The van der Waals surface area contributed by atoms with Gasteiger partial charge in [0.2, 0.25) is 5.91 Å². The number of likely N-dealkylation sites (N-methyl/N-ethyl adjacent to an activating group) is 1. The smallest absolute Gasteiger partial charge is 0.332 e. The van der Waals surface area contributed by atoms with Crippen LogP contribution in [0.15, 0.2) is 66.3 Å². The molecule has 0 aliphatic heterocycles. The Kier molecular flexibility index (Phi) is 6.91. The highest BCUT2D eigenvalue weighted by Crippen LogP contribution is 2.28. The van der Waals surface area contributed by atoms with Crippen molar-refractivity contribution in [3.8, 4) is 0 Å². The van der Waals surface area contributed by atoms with Crippen LogP contribution in [0.4, 0.5) is 0 Å². The van der Waals surface area contributed by atoms with Crippen molar-refractivity contribution in [1.82, 2.24) is 20.2 Å². The SMILES string of the molecule is COC(=O)[C@](C)(c1ccccn1)N(C)CC(=O)N[C@@H](c1ccccc1)c1nccs1. The van der Waals surface area contributed by atoms with Gasteiger partial charge in [-0.05, 0) is 31.7 Å². The molecule has 1 amide bonds. The van der Waals surface area contributed by atoms with E-state index >= 15 is 0 Å². The quantitative estimate of drug-likeness (QED) is 0.560. The van der Waals surface area contributed by atoms with Gasteiger partial charge in [0, 0.05) is 17.8 Å². The second kappa shape index (κ2) is 9.60. The van der Waals surface area contributed by atoms with Crippen LogP contribution >= 0.6 is 11.3 Å². The average molecular weight is 425 g/mol. The molecule has 0 bridgehead atoms. The van der Waals surface area contributed by atoms with Crippen LogP contribution in [0.2, 0.25) is 0 Å². The number of hydrogen-bond donors (Lipinski definition) is 1. The maximum atomic E-state index is 13.0. The van der Waals surface area contributed by atoms with Crippen molar-refractivity contribution in [2.24, 2.45) is 0 Å². The molecule has 0 saturated carbocycles. The molecule has 0 radical (unpaired) electrons. The molecule has 0 unspecified atom stereocenters. The molecule has 1 N–H and O–H groups in total. The summed E-state index contributed by atoms with van der Waals surface area (Å²) >= 11 is 1.47. The van der Waals surface area contributed by atoms with Gasteiger partial charge >= 0.3 is 5.97 Å². The van der Waals surface area contributed by atoms with E-state index in [1.54, 1.807) is 49.5 Å². The topological polar surface area (TPSA) is 84.4 Å². The van der Waals surface area contributed by atoms with E-state index in [4.69, 9.17) is 4.74 Å². The minimum Gasteiger partial charge on any atom is -0.467 e. The number of pyridine rings is 1. The molecule has 2 aromatic heterocycles. The van der Waals surface area contributed by atoms with Crippen molar-refractivity contribution in [3.05, 3.63) is 82.6 Å². The molecule has 0 spiro atoms. The van der Waals surface area contributed by atoms with Crippen molar-refractivity contribution in [2.75, 3.05) is 20.7 Å². The first-order valence-electron chi connectivity index (χ1n) is 9.41. The van der Waals surface area contributed by atoms with Gasteiger partial charge in [-0.1, -0.05) is 36.4 Å². The Morgan fingerprint density at radius 3 is 2.47 bits per heavy atom. The van der Waals surface area contributed by atoms with Gasteiger partial charge in [0.1, 0.15) is 11.0 Å². The summed E-state index contributed by atoms with van der Waals surface area (Å²) < 4.78 is 5.02. The minimum absolute atomic E-state index is 0.0309. The molecule has 0 saturated heterocycles. The van der Waals surface area contributed by atoms with Gasteiger partial charge in [-0.25, -0.2) is 9.78 Å². The predicted molar refractivity (Wildman–Crippen MR) is 115 cm³/mol. The van der Waals surface area contributed by atoms with Crippen LogP contribution in [0.1, 0.15) is 29.2 Å². The Balaban J connectivity index is 1.81. The third-order valence-corrected chi connectivity index (χ3v) is 5.87. The summed E-state index contributed by atoms with van der Waals surface area (Å²) in [5.41, 5.74) is 0.229. The molecular formula is C22H24N4O3S. The third-order valence-electron chi connectivity index (χ3n) is 5.03. The fourth-order valence-corrected chi connectivity index (χ4v) is 3.91. The number of nitrogens with zero attached hydrogens (tertiary/aromatic N) is 3. The Labute approximate surface area is 179 Å². The number of carbonyl (C=O) groups is 2. The number of thiazole rings is 1. The van der Waals surface area contributed by atoms with Gasteiger partial charge in [0.05, 0.1) is 19.3 Å². The molecule has 3 aromatic rings. The molecule has 1 aromatic carbocycles. The molecule has 8 heteroatoms. The highest BCUT2D eigenvalue weighted by molar-refractivity contribution is 7.09. The zero-order chi connectivity index (χ0) is 21.6. The maximum absolute atomic E-state index is 13.0. The summed E-state index contributed by atoms with van der Waals surface area (Å²) in [6.07, 6.45) is 3.32. The molecule has 30 heavy (non-hydrogen) atoms. The number of methoxy groups -OCH3 is 1. The Bertz CT molecular complexity index is 967. The summed E-state index contributed by atoms with van der Waals surface area (Å²) in [7, 11) is 3.03. The van der Waals surface area contributed by atoms with E-state index in [2.05, 4.69) is 15.3 Å². The zero-order valence-corrected chi connectivity index (χ0v) is 17.9. The lowest BCUT2D eigenvalue weighted by Gasteiger charge is -2.35. The summed E-state index contributed by atoms with van der Waals surface area (Å²) in [5.74, 6) is -0.733. The number of carbonyl (C=O) groups excluding carboxylic acids is 2. The maximum Gasteiger partial charge on any atom is 0.332 e. The largest absolute Gasteiger partial charge is 0.467 e. The number of hydrogen-bond acceptors (Lipinski definition) is 7. The number of aromatic nitrogens is 2. The minimum atomic E-state index is -1.21. The lowest BCUT2D eigenvalue weighted by atomic mass is 9.95. The monoisotopic (exact) mass is 424 g/mol. The van der Waals surface area contributed by atoms with Crippen LogP contribution in [-0.2, 0) is 19.9 Å². The zero-order valence-electron chi connectivity index (χ0n) is 17.1. The van der Waals surface area contributed by atoms with Crippen LogP contribution in [0.25, 0.3) is 0 Å². The summed E-state index contributed by atoms with van der Waals surface area (Å²) in [5, 5.41) is 5.71. The third kappa shape index (κ3) is 4.55. The van der Waals surface area contributed by atoms with Gasteiger partial charge in [0.25, 0.3) is 0 Å². The molecule has 2 heterocycles. The van der Waals surface area contributed by atoms with Gasteiger partial charge in [0.15, 0.2) is 5.54 Å². The van der Waals surface area contributed by atoms with Crippen LogP contribution in [0.3, 0.4) is 0 Å². The average Bonchev–Trinajstić information content (AvgIpc) is 3.32. The molecular weight excluding hydrogens is 400 g/mol. The number of nitrogens with one attached hydrogen (secondary N) is 1. The highest BCUT2D eigenvalue weighted by Gasteiger charge is 2.42. The van der Waals surface area contributed by atoms with Gasteiger partial charge in [-0.2, -0.15) is 0 Å². The molecule has 0 fully saturated rings.